The number of benzene rings is 1. The molecule has 0 bridgehead atoms. The zero-order chi connectivity index (χ0) is 9.26. The molecule has 1 unspecified atom stereocenters. The van der Waals surface area contributed by atoms with Gasteiger partial charge in [0.05, 0.1) is 0 Å². The molecule has 1 atom stereocenters. The molecule has 0 saturated carbocycles. The molecular weight excluding hydrogens is 166 g/mol. The largest absolute Gasteiger partial charge is 0.486 e. The van der Waals surface area contributed by atoms with Crippen molar-refractivity contribution in [2.75, 3.05) is 13.2 Å². The number of ether oxygens (including phenoxy) is 2. The summed E-state index contributed by atoms with van der Waals surface area (Å²) in [6.07, 6.45) is -0.00528. The molecule has 0 fully saturated rings. The van der Waals surface area contributed by atoms with E-state index < -0.39 is 0 Å². The van der Waals surface area contributed by atoms with Gasteiger partial charge in [-0.1, -0.05) is 6.07 Å². The van der Waals surface area contributed by atoms with Gasteiger partial charge in [0.15, 0.2) is 11.5 Å². The maximum Gasteiger partial charge on any atom is 0.162 e. The van der Waals surface area contributed by atoms with Gasteiger partial charge in [-0.2, -0.15) is 0 Å². The Kier molecular flexibility index (Phi) is 2.10. The lowest BCUT2D eigenvalue weighted by Gasteiger charge is -2.25. The summed E-state index contributed by atoms with van der Waals surface area (Å²) in [7, 11) is 0. The van der Waals surface area contributed by atoms with Gasteiger partial charge in [-0.3, -0.25) is 0 Å². The van der Waals surface area contributed by atoms with E-state index in [2.05, 4.69) is 0 Å². The van der Waals surface area contributed by atoms with Gasteiger partial charge in [0.25, 0.3) is 0 Å². The average Bonchev–Trinajstić information content (AvgIpc) is 2.16. The fraction of sp³-hybridized carbons (Fsp3) is 0.400. The maximum absolute atomic E-state index is 5.61. The van der Waals surface area contributed by atoms with Gasteiger partial charge in [0.1, 0.15) is 12.7 Å². The minimum atomic E-state index is -0.00528. The summed E-state index contributed by atoms with van der Waals surface area (Å²) in [5.41, 5.74) is 6.66. The monoisotopic (exact) mass is 179 g/mol. The van der Waals surface area contributed by atoms with Crippen LogP contribution < -0.4 is 15.2 Å². The van der Waals surface area contributed by atoms with Crippen molar-refractivity contribution in [1.82, 2.24) is 0 Å². The lowest BCUT2D eigenvalue weighted by molar-refractivity contribution is 0.0968. The molecule has 3 nitrogen and oxygen atoms in total. The van der Waals surface area contributed by atoms with E-state index in [0.717, 1.165) is 11.5 Å². The second-order valence-electron chi connectivity index (χ2n) is 3.24. The summed E-state index contributed by atoms with van der Waals surface area (Å²) in [5, 5.41) is 0. The van der Waals surface area contributed by atoms with Crippen LogP contribution in [0.5, 0.6) is 11.5 Å². The van der Waals surface area contributed by atoms with Gasteiger partial charge in [-0.25, -0.2) is 0 Å². The Balaban J connectivity index is 2.27. The van der Waals surface area contributed by atoms with Crippen molar-refractivity contribution in [3.05, 3.63) is 23.8 Å². The molecule has 0 saturated heterocycles. The highest BCUT2D eigenvalue weighted by Crippen LogP contribution is 2.31. The predicted octanol–water partition coefficient (Wildman–Crippen LogP) is 1.09. The van der Waals surface area contributed by atoms with Crippen LogP contribution in [-0.4, -0.2) is 19.3 Å². The van der Waals surface area contributed by atoms with Crippen molar-refractivity contribution in [2.24, 2.45) is 5.73 Å². The third-order valence-electron chi connectivity index (χ3n) is 2.08. The first-order valence-electron chi connectivity index (χ1n) is 4.40. The van der Waals surface area contributed by atoms with Crippen LogP contribution in [0.15, 0.2) is 18.2 Å². The molecule has 1 aliphatic heterocycles. The Bertz CT molecular complexity index is 312. The van der Waals surface area contributed by atoms with Crippen LogP contribution in [-0.2, 0) is 0 Å². The summed E-state index contributed by atoms with van der Waals surface area (Å²) < 4.78 is 11.1. The molecule has 1 aromatic carbocycles. The van der Waals surface area contributed by atoms with Gasteiger partial charge in [0.2, 0.25) is 0 Å². The van der Waals surface area contributed by atoms with Crippen LogP contribution in [0.1, 0.15) is 5.56 Å². The Hall–Kier alpha value is -1.22. The molecule has 1 heterocycles. The molecule has 3 heteroatoms. The molecule has 13 heavy (non-hydrogen) atoms. The normalized spacial score (nSPS) is 20.0. The van der Waals surface area contributed by atoms with Crippen LogP contribution in [0.25, 0.3) is 0 Å². The van der Waals surface area contributed by atoms with E-state index >= 15 is 0 Å². The lowest BCUT2D eigenvalue weighted by Crippen LogP contribution is -2.35. The van der Waals surface area contributed by atoms with Crippen LogP contribution in [0.4, 0.5) is 0 Å². The average molecular weight is 179 g/mol. The zero-order valence-electron chi connectivity index (χ0n) is 7.62. The standard InChI is InChI=1S/C10H13NO2/c1-7-2-3-9-10(4-7)13-8(5-11)6-12-9/h2-4,8H,5-6,11H2,1H3. The van der Waals surface area contributed by atoms with Gasteiger partial charge >= 0.3 is 0 Å². The fourth-order valence-electron chi connectivity index (χ4n) is 1.34. The second kappa shape index (κ2) is 3.26. The third kappa shape index (κ3) is 1.60. The number of rotatable bonds is 1. The highest BCUT2D eigenvalue weighted by Gasteiger charge is 2.19. The molecule has 70 valence electrons. The van der Waals surface area contributed by atoms with E-state index in [4.69, 9.17) is 15.2 Å². The maximum atomic E-state index is 5.61. The number of hydrogen-bond acceptors (Lipinski definition) is 3. The van der Waals surface area contributed by atoms with Crippen LogP contribution in [0, 0.1) is 6.92 Å². The lowest BCUT2D eigenvalue weighted by atomic mass is 10.2. The highest BCUT2D eigenvalue weighted by atomic mass is 16.6. The third-order valence-corrected chi connectivity index (χ3v) is 2.08. The van der Waals surface area contributed by atoms with Crippen molar-refractivity contribution < 1.29 is 9.47 Å². The number of fused-ring (bicyclic) bond motifs is 1. The first kappa shape index (κ1) is 8.38. The summed E-state index contributed by atoms with van der Waals surface area (Å²) in [4.78, 5) is 0. The van der Waals surface area contributed by atoms with Crippen LogP contribution in [0.3, 0.4) is 0 Å². The minimum absolute atomic E-state index is 0.00528. The SMILES string of the molecule is Cc1ccc2c(c1)OC(CN)CO2. The van der Waals surface area contributed by atoms with Gasteiger partial charge in [-0.05, 0) is 24.6 Å². The Morgan fingerprint density at radius 3 is 3.08 bits per heavy atom. The van der Waals surface area contributed by atoms with E-state index in [-0.39, 0.29) is 6.10 Å². The fourth-order valence-corrected chi connectivity index (χ4v) is 1.34. The summed E-state index contributed by atoms with van der Waals surface area (Å²) in [5.74, 6) is 1.62. The molecular formula is C10H13NO2. The minimum Gasteiger partial charge on any atom is -0.486 e. The number of nitrogens with two attached hydrogens (primary N) is 1. The van der Waals surface area contributed by atoms with Crippen molar-refractivity contribution in [3.63, 3.8) is 0 Å². The molecule has 0 aliphatic carbocycles. The first-order valence-corrected chi connectivity index (χ1v) is 4.40. The van der Waals surface area contributed by atoms with Crippen molar-refractivity contribution >= 4 is 0 Å². The molecule has 1 aromatic rings. The van der Waals surface area contributed by atoms with Gasteiger partial charge in [0, 0.05) is 6.54 Å². The second-order valence-corrected chi connectivity index (χ2v) is 3.24. The smallest absolute Gasteiger partial charge is 0.162 e. The summed E-state index contributed by atoms with van der Waals surface area (Å²) in [6.45, 7) is 3.07. The number of hydrogen-bond donors (Lipinski definition) is 1. The molecule has 0 aromatic heterocycles. The van der Waals surface area contributed by atoms with E-state index in [1.54, 1.807) is 0 Å². The van der Waals surface area contributed by atoms with Gasteiger partial charge in [-0.15, -0.1) is 0 Å². The first-order chi connectivity index (χ1) is 6.29. The van der Waals surface area contributed by atoms with E-state index in [9.17, 15) is 0 Å². The molecule has 0 amide bonds. The highest BCUT2D eigenvalue weighted by molar-refractivity contribution is 5.43. The topological polar surface area (TPSA) is 44.5 Å². The summed E-state index contributed by atoms with van der Waals surface area (Å²) >= 11 is 0. The molecule has 1 aliphatic rings. The predicted molar refractivity (Wildman–Crippen MR) is 50.1 cm³/mol. The molecule has 2 N–H and O–H groups in total. The van der Waals surface area contributed by atoms with Gasteiger partial charge < -0.3 is 15.2 Å². The Labute approximate surface area is 77.5 Å². The van der Waals surface area contributed by atoms with Crippen molar-refractivity contribution in [3.8, 4) is 11.5 Å². The van der Waals surface area contributed by atoms with Crippen molar-refractivity contribution in [2.45, 2.75) is 13.0 Å². The quantitative estimate of drug-likeness (QED) is 0.702. The zero-order valence-corrected chi connectivity index (χ0v) is 7.62. The van der Waals surface area contributed by atoms with E-state index in [0.29, 0.717) is 13.2 Å². The molecule has 0 spiro atoms. The molecule has 0 radical (unpaired) electrons. The van der Waals surface area contributed by atoms with Crippen LogP contribution in [0.2, 0.25) is 0 Å². The Morgan fingerprint density at radius 1 is 1.46 bits per heavy atom. The van der Waals surface area contributed by atoms with E-state index in [1.807, 2.05) is 25.1 Å². The van der Waals surface area contributed by atoms with Crippen LogP contribution >= 0.6 is 0 Å². The number of aryl methyl sites for hydroxylation is 1. The van der Waals surface area contributed by atoms with E-state index in [1.165, 1.54) is 5.56 Å². The Morgan fingerprint density at radius 2 is 2.31 bits per heavy atom. The van der Waals surface area contributed by atoms with Crippen molar-refractivity contribution in [1.29, 1.82) is 0 Å². The summed E-state index contributed by atoms with van der Waals surface area (Å²) in [6, 6.07) is 5.90. The molecule has 2 rings (SSSR count).